The van der Waals surface area contributed by atoms with Crippen LogP contribution < -0.4 is 0 Å². The minimum absolute atomic E-state index is 0.148. The van der Waals surface area contributed by atoms with E-state index in [0.717, 1.165) is 12.8 Å². The van der Waals surface area contributed by atoms with Gasteiger partial charge in [0.05, 0.1) is 6.42 Å². The van der Waals surface area contributed by atoms with Crippen LogP contribution in [0.3, 0.4) is 0 Å². The minimum Gasteiger partial charge on any atom is -0.481 e. The maximum absolute atomic E-state index is 11.2. The van der Waals surface area contributed by atoms with Gasteiger partial charge in [-0.25, -0.2) is 0 Å². The number of fused-ring (bicyclic) bond motifs is 1. The predicted octanol–water partition coefficient (Wildman–Crippen LogP) is 4.26. The number of hydrogen-bond acceptors (Lipinski definition) is 1. The van der Waals surface area contributed by atoms with Gasteiger partial charge in [0.1, 0.15) is 0 Å². The Labute approximate surface area is 110 Å². The summed E-state index contributed by atoms with van der Waals surface area (Å²) in [6.45, 7) is 11.2. The van der Waals surface area contributed by atoms with Crippen LogP contribution in [0.5, 0.6) is 0 Å². The van der Waals surface area contributed by atoms with Crippen LogP contribution in [0.15, 0.2) is 12.2 Å². The van der Waals surface area contributed by atoms with E-state index in [-0.39, 0.29) is 17.8 Å². The van der Waals surface area contributed by atoms with Crippen molar-refractivity contribution in [2.75, 3.05) is 0 Å². The molecule has 0 radical (unpaired) electrons. The molecule has 3 atom stereocenters. The molecule has 2 heteroatoms. The summed E-state index contributed by atoms with van der Waals surface area (Å²) in [7, 11) is 0. The zero-order valence-corrected chi connectivity index (χ0v) is 12.0. The second kappa shape index (κ2) is 4.40. The lowest BCUT2D eigenvalue weighted by Gasteiger charge is -2.57. The summed E-state index contributed by atoms with van der Waals surface area (Å²) in [4.78, 5) is 11.2. The summed E-state index contributed by atoms with van der Waals surface area (Å²) in [5, 5.41) is 9.18. The van der Waals surface area contributed by atoms with Gasteiger partial charge in [0.2, 0.25) is 0 Å². The normalized spacial score (nSPS) is 39.2. The van der Waals surface area contributed by atoms with Crippen LogP contribution in [0.1, 0.15) is 59.3 Å². The Morgan fingerprint density at radius 1 is 1.39 bits per heavy atom. The first kappa shape index (κ1) is 13.6. The standard InChI is InChI=1S/C16H26O2/c1-11-6-7-13-15(2,3)8-5-9-16(13,4)12(11)10-14(17)18/h12-13H,1,5-10H2,2-4H3,(H,17,18). The van der Waals surface area contributed by atoms with E-state index in [2.05, 4.69) is 27.4 Å². The fraction of sp³-hybridized carbons (Fsp3) is 0.812. The first-order valence-corrected chi connectivity index (χ1v) is 7.17. The first-order valence-electron chi connectivity index (χ1n) is 7.17. The molecule has 2 saturated carbocycles. The Morgan fingerprint density at radius 3 is 2.67 bits per heavy atom. The summed E-state index contributed by atoms with van der Waals surface area (Å²) in [6.07, 6.45) is 6.14. The molecule has 2 fully saturated rings. The quantitative estimate of drug-likeness (QED) is 0.743. The van der Waals surface area contributed by atoms with Crippen LogP contribution in [0.25, 0.3) is 0 Å². The second-order valence-electron chi connectivity index (χ2n) is 7.25. The molecule has 2 rings (SSSR count). The van der Waals surface area contributed by atoms with Crippen LogP contribution >= 0.6 is 0 Å². The third-order valence-corrected chi connectivity index (χ3v) is 5.70. The predicted molar refractivity (Wildman–Crippen MR) is 73.3 cm³/mol. The minimum atomic E-state index is -0.675. The fourth-order valence-electron chi connectivity index (χ4n) is 4.83. The maximum Gasteiger partial charge on any atom is 0.303 e. The number of allylic oxidation sites excluding steroid dienone is 1. The van der Waals surface area contributed by atoms with Crippen molar-refractivity contribution in [3.8, 4) is 0 Å². The lowest BCUT2D eigenvalue weighted by Crippen LogP contribution is -2.49. The van der Waals surface area contributed by atoms with Gasteiger partial charge in [-0.15, -0.1) is 0 Å². The highest BCUT2D eigenvalue weighted by Gasteiger charge is 2.53. The summed E-state index contributed by atoms with van der Waals surface area (Å²) in [5.41, 5.74) is 1.67. The lowest BCUT2D eigenvalue weighted by molar-refractivity contribution is -0.141. The molecule has 0 aromatic heterocycles. The van der Waals surface area contributed by atoms with Crippen molar-refractivity contribution in [2.24, 2.45) is 22.7 Å². The third-order valence-electron chi connectivity index (χ3n) is 5.70. The number of carboxylic acids is 1. The van der Waals surface area contributed by atoms with Crippen molar-refractivity contribution in [1.29, 1.82) is 0 Å². The molecule has 3 unspecified atom stereocenters. The SMILES string of the molecule is C=C1CCC2C(C)(C)CCCC2(C)C1CC(=O)O. The molecular formula is C16H26O2. The van der Waals surface area contributed by atoms with Crippen molar-refractivity contribution >= 4 is 5.97 Å². The van der Waals surface area contributed by atoms with Gasteiger partial charge in [0.25, 0.3) is 0 Å². The molecule has 2 aliphatic carbocycles. The van der Waals surface area contributed by atoms with E-state index in [0.29, 0.717) is 11.3 Å². The zero-order chi connectivity index (χ0) is 13.6. The second-order valence-corrected chi connectivity index (χ2v) is 7.25. The highest BCUT2D eigenvalue weighted by Crippen LogP contribution is 2.61. The molecule has 1 N–H and O–H groups in total. The molecule has 0 aromatic rings. The van der Waals surface area contributed by atoms with Crippen molar-refractivity contribution in [1.82, 2.24) is 0 Å². The number of rotatable bonds is 2. The summed E-state index contributed by atoms with van der Waals surface area (Å²) < 4.78 is 0. The lowest BCUT2D eigenvalue weighted by atomic mass is 9.47. The summed E-state index contributed by atoms with van der Waals surface area (Å²) in [6, 6.07) is 0. The molecule has 2 nitrogen and oxygen atoms in total. The maximum atomic E-state index is 11.2. The van der Waals surface area contributed by atoms with Crippen LogP contribution in [0.2, 0.25) is 0 Å². The Kier molecular flexibility index (Phi) is 3.33. The van der Waals surface area contributed by atoms with Crippen molar-refractivity contribution in [2.45, 2.75) is 59.3 Å². The van der Waals surface area contributed by atoms with Gasteiger partial charge in [-0.1, -0.05) is 39.3 Å². The van der Waals surface area contributed by atoms with E-state index in [1.54, 1.807) is 0 Å². The highest BCUT2D eigenvalue weighted by atomic mass is 16.4. The topological polar surface area (TPSA) is 37.3 Å². The van der Waals surface area contributed by atoms with Gasteiger partial charge in [-0.05, 0) is 48.3 Å². The molecule has 18 heavy (non-hydrogen) atoms. The van der Waals surface area contributed by atoms with E-state index in [4.69, 9.17) is 0 Å². The molecule has 0 aromatic carbocycles. The van der Waals surface area contributed by atoms with Crippen LogP contribution in [0.4, 0.5) is 0 Å². The number of carbonyl (C=O) groups is 1. The molecular weight excluding hydrogens is 224 g/mol. The molecule has 0 bridgehead atoms. The van der Waals surface area contributed by atoms with Crippen LogP contribution in [-0.2, 0) is 4.79 Å². The van der Waals surface area contributed by atoms with E-state index < -0.39 is 5.97 Å². The monoisotopic (exact) mass is 250 g/mol. The van der Waals surface area contributed by atoms with E-state index in [1.165, 1.54) is 24.8 Å². The number of hydrogen-bond donors (Lipinski definition) is 1. The summed E-state index contributed by atoms with van der Waals surface area (Å²) >= 11 is 0. The molecule has 102 valence electrons. The highest BCUT2D eigenvalue weighted by molar-refractivity contribution is 5.67. The van der Waals surface area contributed by atoms with Crippen molar-refractivity contribution in [3.63, 3.8) is 0 Å². The first-order chi connectivity index (χ1) is 8.27. The number of carboxylic acid groups (broad SMARTS) is 1. The molecule has 0 spiro atoms. The Balaban J connectivity index is 2.33. The van der Waals surface area contributed by atoms with E-state index >= 15 is 0 Å². The van der Waals surface area contributed by atoms with Crippen LogP contribution in [0, 0.1) is 22.7 Å². The van der Waals surface area contributed by atoms with Gasteiger partial charge < -0.3 is 5.11 Å². The van der Waals surface area contributed by atoms with Crippen molar-refractivity contribution in [3.05, 3.63) is 12.2 Å². The fourth-order valence-corrected chi connectivity index (χ4v) is 4.83. The average molecular weight is 250 g/mol. The molecule has 2 aliphatic rings. The van der Waals surface area contributed by atoms with Gasteiger partial charge in [-0.2, -0.15) is 0 Å². The van der Waals surface area contributed by atoms with Gasteiger partial charge in [0.15, 0.2) is 0 Å². The molecule has 0 aliphatic heterocycles. The zero-order valence-electron chi connectivity index (χ0n) is 12.0. The van der Waals surface area contributed by atoms with E-state index in [1.807, 2.05) is 0 Å². The van der Waals surface area contributed by atoms with E-state index in [9.17, 15) is 9.90 Å². The average Bonchev–Trinajstić information content (AvgIpc) is 2.22. The molecule has 0 heterocycles. The molecule has 0 amide bonds. The molecule has 0 saturated heterocycles. The smallest absolute Gasteiger partial charge is 0.303 e. The third kappa shape index (κ3) is 2.10. The van der Waals surface area contributed by atoms with Gasteiger partial charge >= 0.3 is 5.97 Å². The van der Waals surface area contributed by atoms with Gasteiger partial charge in [-0.3, -0.25) is 4.79 Å². The largest absolute Gasteiger partial charge is 0.481 e. The Bertz CT molecular complexity index is 369. The van der Waals surface area contributed by atoms with Gasteiger partial charge in [0, 0.05) is 0 Å². The number of aliphatic carboxylic acids is 1. The van der Waals surface area contributed by atoms with Crippen LogP contribution in [-0.4, -0.2) is 11.1 Å². The Hall–Kier alpha value is -0.790. The Morgan fingerprint density at radius 2 is 2.06 bits per heavy atom. The summed E-state index contributed by atoms with van der Waals surface area (Å²) in [5.74, 6) is 0.147. The van der Waals surface area contributed by atoms with Crippen molar-refractivity contribution < 1.29 is 9.90 Å².